The molecule has 0 aromatic heterocycles. The molecule has 5 heteroatoms. The lowest BCUT2D eigenvalue weighted by Gasteiger charge is -2.18. The molecule has 0 fully saturated rings. The number of benzene rings is 1. The fraction of sp³-hybridized carbons (Fsp3) is 0.611. The second-order valence-corrected chi connectivity index (χ2v) is 5.37. The molecular weight excluding hydrogens is 288 g/mol. The smallest absolute Gasteiger partial charge is 0.190 e. The Kier molecular flexibility index (Phi) is 9.87. The molecule has 0 unspecified atom stereocenters. The topological polar surface area (TPSA) is 48.9 Å². The van der Waals surface area contributed by atoms with E-state index in [0.717, 1.165) is 57.3 Å². The predicted molar refractivity (Wildman–Crippen MR) is 98.5 cm³/mol. The highest BCUT2D eigenvalue weighted by Crippen LogP contribution is 2.17. The average Bonchev–Trinajstić information content (AvgIpc) is 2.60. The summed E-state index contributed by atoms with van der Waals surface area (Å²) in [7, 11) is 3.52. The molecule has 130 valence electrons. The number of guanidine groups is 1. The first kappa shape index (κ1) is 19.3. The number of hydrogen-bond acceptors (Lipinski definition) is 3. The molecule has 0 amide bonds. The highest BCUT2D eigenvalue weighted by atomic mass is 16.5. The lowest BCUT2D eigenvalue weighted by atomic mass is 10.1. The number of ether oxygens (including phenoxy) is 1. The van der Waals surface area contributed by atoms with Crippen LogP contribution in [0.3, 0.4) is 0 Å². The fourth-order valence-electron chi connectivity index (χ4n) is 2.49. The molecule has 23 heavy (non-hydrogen) atoms. The van der Waals surface area contributed by atoms with Crippen LogP contribution in [0.5, 0.6) is 5.75 Å². The van der Waals surface area contributed by atoms with Gasteiger partial charge in [-0.15, -0.1) is 0 Å². The van der Waals surface area contributed by atoms with Crippen LogP contribution in [0.25, 0.3) is 0 Å². The molecule has 0 saturated heterocycles. The van der Waals surface area contributed by atoms with Gasteiger partial charge in [-0.2, -0.15) is 0 Å². The van der Waals surface area contributed by atoms with Crippen LogP contribution in [0.1, 0.15) is 25.8 Å². The predicted octanol–water partition coefficient (Wildman–Crippen LogP) is 2.13. The number of methoxy groups -OCH3 is 1. The van der Waals surface area contributed by atoms with E-state index in [-0.39, 0.29) is 0 Å². The van der Waals surface area contributed by atoms with Gasteiger partial charge in [-0.1, -0.05) is 32.0 Å². The molecule has 0 saturated carbocycles. The molecule has 0 bridgehead atoms. The van der Waals surface area contributed by atoms with Crippen molar-refractivity contribution in [2.75, 3.05) is 46.9 Å². The Labute approximate surface area is 141 Å². The van der Waals surface area contributed by atoms with Crippen molar-refractivity contribution in [3.8, 4) is 5.75 Å². The van der Waals surface area contributed by atoms with Crippen molar-refractivity contribution in [1.29, 1.82) is 0 Å². The molecule has 5 nitrogen and oxygen atoms in total. The summed E-state index contributed by atoms with van der Waals surface area (Å²) < 4.78 is 5.37. The van der Waals surface area contributed by atoms with Crippen molar-refractivity contribution < 1.29 is 4.74 Å². The molecule has 0 aliphatic heterocycles. The van der Waals surface area contributed by atoms with Crippen LogP contribution in [0.2, 0.25) is 0 Å². The summed E-state index contributed by atoms with van der Waals surface area (Å²) in [6, 6.07) is 8.13. The van der Waals surface area contributed by atoms with Crippen LogP contribution in [-0.2, 0) is 6.42 Å². The van der Waals surface area contributed by atoms with Crippen molar-refractivity contribution in [2.24, 2.45) is 4.99 Å². The maximum absolute atomic E-state index is 5.37. The minimum Gasteiger partial charge on any atom is -0.496 e. The number of rotatable bonds is 10. The summed E-state index contributed by atoms with van der Waals surface area (Å²) in [4.78, 5) is 6.70. The summed E-state index contributed by atoms with van der Waals surface area (Å²) in [6.07, 6.45) is 2.03. The Balaban J connectivity index is 2.26. The third-order valence-corrected chi connectivity index (χ3v) is 3.94. The molecule has 0 aliphatic rings. The minimum absolute atomic E-state index is 0.829. The van der Waals surface area contributed by atoms with Crippen molar-refractivity contribution in [2.45, 2.75) is 26.7 Å². The van der Waals surface area contributed by atoms with E-state index in [4.69, 9.17) is 4.74 Å². The van der Waals surface area contributed by atoms with E-state index in [2.05, 4.69) is 40.4 Å². The summed E-state index contributed by atoms with van der Waals surface area (Å²) in [5.41, 5.74) is 1.21. The van der Waals surface area contributed by atoms with Crippen LogP contribution in [0.15, 0.2) is 29.3 Å². The highest BCUT2D eigenvalue weighted by molar-refractivity contribution is 5.79. The summed E-state index contributed by atoms with van der Waals surface area (Å²) >= 11 is 0. The van der Waals surface area contributed by atoms with Crippen LogP contribution >= 0.6 is 0 Å². The van der Waals surface area contributed by atoms with Gasteiger partial charge in [0, 0.05) is 20.1 Å². The van der Waals surface area contributed by atoms with Gasteiger partial charge in [-0.25, -0.2) is 0 Å². The number of nitrogens with zero attached hydrogens (tertiary/aromatic N) is 2. The quantitative estimate of drug-likeness (QED) is 0.394. The molecule has 0 atom stereocenters. The molecular formula is C18H32N4O. The van der Waals surface area contributed by atoms with Crippen LogP contribution in [-0.4, -0.2) is 57.7 Å². The van der Waals surface area contributed by atoms with Gasteiger partial charge in [0.2, 0.25) is 0 Å². The SMILES string of the molecule is CCN(CC)CCCNC(=NC)NCCc1ccccc1OC. The van der Waals surface area contributed by atoms with Crippen molar-refractivity contribution in [1.82, 2.24) is 15.5 Å². The van der Waals surface area contributed by atoms with Gasteiger partial charge >= 0.3 is 0 Å². The molecule has 2 N–H and O–H groups in total. The van der Waals surface area contributed by atoms with E-state index in [1.165, 1.54) is 5.56 Å². The Morgan fingerprint density at radius 2 is 1.83 bits per heavy atom. The number of para-hydroxylation sites is 1. The van der Waals surface area contributed by atoms with Crippen molar-refractivity contribution in [3.05, 3.63) is 29.8 Å². The van der Waals surface area contributed by atoms with Gasteiger partial charge in [0.15, 0.2) is 5.96 Å². The highest BCUT2D eigenvalue weighted by Gasteiger charge is 2.03. The maximum Gasteiger partial charge on any atom is 0.190 e. The minimum atomic E-state index is 0.829. The fourth-order valence-corrected chi connectivity index (χ4v) is 2.49. The van der Waals surface area contributed by atoms with Crippen LogP contribution in [0, 0.1) is 0 Å². The molecule has 0 aliphatic carbocycles. The largest absolute Gasteiger partial charge is 0.496 e. The lowest BCUT2D eigenvalue weighted by Crippen LogP contribution is -2.39. The van der Waals surface area contributed by atoms with Crippen molar-refractivity contribution in [3.63, 3.8) is 0 Å². The zero-order valence-electron chi connectivity index (χ0n) is 15.1. The first-order chi connectivity index (χ1) is 11.2. The monoisotopic (exact) mass is 320 g/mol. The first-order valence-corrected chi connectivity index (χ1v) is 8.53. The lowest BCUT2D eigenvalue weighted by molar-refractivity contribution is 0.300. The van der Waals surface area contributed by atoms with E-state index >= 15 is 0 Å². The van der Waals surface area contributed by atoms with Gasteiger partial charge in [0.05, 0.1) is 7.11 Å². The standard InChI is InChI=1S/C18H32N4O/c1-5-22(6-2)15-9-13-20-18(19-3)21-14-12-16-10-7-8-11-17(16)23-4/h7-8,10-11H,5-6,9,12-15H2,1-4H3,(H2,19,20,21). The third-order valence-electron chi connectivity index (χ3n) is 3.94. The number of hydrogen-bond donors (Lipinski definition) is 2. The molecule has 1 aromatic carbocycles. The van der Waals surface area contributed by atoms with Gasteiger partial charge < -0.3 is 20.3 Å². The molecule has 0 heterocycles. The maximum atomic E-state index is 5.37. The Bertz CT molecular complexity index is 458. The van der Waals surface area contributed by atoms with E-state index in [1.54, 1.807) is 7.11 Å². The number of aliphatic imine (C=N–C) groups is 1. The normalized spacial score (nSPS) is 11.6. The van der Waals surface area contributed by atoms with E-state index in [1.807, 2.05) is 25.2 Å². The zero-order chi connectivity index (χ0) is 16.9. The van der Waals surface area contributed by atoms with Gasteiger partial charge in [-0.3, -0.25) is 4.99 Å². The van der Waals surface area contributed by atoms with Gasteiger partial charge in [0.1, 0.15) is 5.75 Å². The molecule has 1 aromatic rings. The third kappa shape index (κ3) is 7.37. The van der Waals surface area contributed by atoms with E-state index < -0.39 is 0 Å². The summed E-state index contributed by atoms with van der Waals surface area (Å²) in [5, 5.41) is 6.72. The van der Waals surface area contributed by atoms with E-state index in [9.17, 15) is 0 Å². The Morgan fingerprint density at radius 1 is 1.13 bits per heavy atom. The number of nitrogens with one attached hydrogen (secondary N) is 2. The molecule has 0 spiro atoms. The zero-order valence-corrected chi connectivity index (χ0v) is 15.1. The average molecular weight is 320 g/mol. The second-order valence-electron chi connectivity index (χ2n) is 5.37. The molecule has 1 rings (SSSR count). The van der Waals surface area contributed by atoms with Gasteiger partial charge in [-0.05, 0) is 44.1 Å². The Morgan fingerprint density at radius 3 is 2.48 bits per heavy atom. The second kappa shape index (κ2) is 11.8. The summed E-state index contributed by atoms with van der Waals surface area (Å²) in [5.74, 6) is 1.80. The van der Waals surface area contributed by atoms with Crippen molar-refractivity contribution >= 4 is 5.96 Å². The van der Waals surface area contributed by atoms with Crippen LogP contribution in [0.4, 0.5) is 0 Å². The van der Waals surface area contributed by atoms with Gasteiger partial charge in [0.25, 0.3) is 0 Å². The Hall–Kier alpha value is -1.75. The van der Waals surface area contributed by atoms with Crippen LogP contribution < -0.4 is 15.4 Å². The first-order valence-electron chi connectivity index (χ1n) is 8.53. The molecule has 0 radical (unpaired) electrons. The summed E-state index contributed by atoms with van der Waals surface area (Å²) in [6.45, 7) is 9.52. The van der Waals surface area contributed by atoms with E-state index in [0.29, 0.717) is 0 Å².